The summed E-state index contributed by atoms with van der Waals surface area (Å²) >= 11 is 0. The number of aliphatic carboxylic acids is 1. The minimum absolute atomic E-state index is 0.258. The third-order valence-corrected chi connectivity index (χ3v) is 3.70. The van der Waals surface area contributed by atoms with E-state index in [-0.39, 0.29) is 6.42 Å². The Kier molecular flexibility index (Phi) is 16.9. The number of hydrogen-bond acceptors (Lipinski definition) is 3. The van der Waals surface area contributed by atoms with Crippen molar-refractivity contribution in [1.82, 2.24) is 0 Å². The molecule has 0 heterocycles. The number of allylic oxidation sites excluding steroid dienone is 4. The van der Waals surface area contributed by atoms with Crippen LogP contribution in [0.1, 0.15) is 77.6 Å². The summed E-state index contributed by atoms with van der Waals surface area (Å²) in [6.07, 6.45) is 22.3. The van der Waals surface area contributed by atoms with Gasteiger partial charge in [-0.25, -0.2) is 4.89 Å². The molecule has 4 nitrogen and oxygen atoms in total. The predicted octanol–water partition coefficient (Wildman–Crippen LogP) is 5.91. The van der Waals surface area contributed by atoms with E-state index in [0.29, 0.717) is 0 Å². The zero-order valence-corrected chi connectivity index (χ0v) is 15.0. The Labute approximate surface area is 146 Å². The molecule has 0 fully saturated rings. The average Bonchev–Trinajstić information content (AvgIpc) is 2.57. The molecule has 138 valence electrons. The molecule has 0 radical (unpaired) electrons. The van der Waals surface area contributed by atoms with Crippen molar-refractivity contribution in [2.45, 2.75) is 83.7 Å². The van der Waals surface area contributed by atoms with E-state index in [1.54, 1.807) is 0 Å². The van der Waals surface area contributed by atoms with Crippen LogP contribution in [0.3, 0.4) is 0 Å². The third-order valence-electron chi connectivity index (χ3n) is 3.70. The van der Waals surface area contributed by atoms with Crippen molar-refractivity contribution < 1.29 is 20.0 Å². The summed E-state index contributed by atoms with van der Waals surface area (Å²) < 4.78 is 0. The largest absolute Gasteiger partial charge is 0.481 e. The Morgan fingerprint density at radius 2 is 1.58 bits per heavy atom. The van der Waals surface area contributed by atoms with Crippen LogP contribution in [0, 0.1) is 0 Å². The van der Waals surface area contributed by atoms with Crippen LogP contribution in [0.5, 0.6) is 0 Å². The molecule has 0 aromatic heterocycles. The summed E-state index contributed by atoms with van der Waals surface area (Å²) in [5.41, 5.74) is 0. The molecule has 2 N–H and O–H groups in total. The van der Waals surface area contributed by atoms with E-state index in [2.05, 4.69) is 24.0 Å². The summed E-state index contributed by atoms with van der Waals surface area (Å²) in [7, 11) is 0. The van der Waals surface area contributed by atoms with E-state index < -0.39 is 12.1 Å². The molecule has 1 unspecified atom stereocenters. The van der Waals surface area contributed by atoms with Crippen molar-refractivity contribution in [3.8, 4) is 0 Å². The Morgan fingerprint density at radius 3 is 2.29 bits per heavy atom. The Balaban J connectivity index is 3.69. The highest BCUT2D eigenvalue weighted by Gasteiger charge is 1.98. The lowest BCUT2D eigenvalue weighted by molar-refractivity contribution is -0.254. The van der Waals surface area contributed by atoms with Crippen LogP contribution in [0.2, 0.25) is 0 Å². The fourth-order valence-electron chi connectivity index (χ4n) is 2.27. The van der Waals surface area contributed by atoms with Gasteiger partial charge < -0.3 is 5.11 Å². The van der Waals surface area contributed by atoms with Gasteiger partial charge in [0.25, 0.3) is 0 Å². The SMILES string of the molecule is CCCCC/C=C/C/C=C/C(/C=C/CCCCCCC(=O)O)OO. The van der Waals surface area contributed by atoms with E-state index in [9.17, 15) is 4.79 Å². The molecule has 0 saturated carbocycles. The van der Waals surface area contributed by atoms with Gasteiger partial charge in [-0.1, -0.05) is 69.1 Å². The van der Waals surface area contributed by atoms with E-state index in [1.807, 2.05) is 24.3 Å². The highest BCUT2D eigenvalue weighted by Crippen LogP contribution is 2.07. The van der Waals surface area contributed by atoms with E-state index in [4.69, 9.17) is 10.4 Å². The molecule has 0 aliphatic carbocycles. The normalized spacial score (nSPS) is 13.4. The molecule has 0 saturated heterocycles. The lowest BCUT2D eigenvalue weighted by Gasteiger charge is -2.02. The lowest BCUT2D eigenvalue weighted by atomic mass is 10.1. The maximum Gasteiger partial charge on any atom is 0.303 e. The molecule has 0 rings (SSSR count). The van der Waals surface area contributed by atoms with Crippen LogP contribution >= 0.6 is 0 Å². The second-order valence-corrected chi connectivity index (χ2v) is 5.98. The second-order valence-electron chi connectivity index (χ2n) is 5.98. The van der Waals surface area contributed by atoms with Crippen LogP contribution in [0.4, 0.5) is 0 Å². The molecule has 1 atom stereocenters. The first kappa shape index (κ1) is 22.6. The van der Waals surface area contributed by atoms with E-state index in [1.165, 1.54) is 19.3 Å². The monoisotopic (exact) mass is 338 g/mol. The van der Waals surface area contributed by atoms with Crippen molar-refractivity contribution in [3.63, 3.8) is 0 Å². The second kappa shape index (κ2) is 18.0. The zero-order chi connectivity index (χ0) is 17.9. The lowest BCUT2D eigenvalue weighted by Crippen LogP contribution is -2.02. The van der Waals surface area contributed by atoms with E-state index in [0.717, 1.165) is 44.9 Å². The van der Waals surface area contributed by atoms with Crippen LogP contribution < -0.4 is 0 Å². The van der Waals surface area contributed by atoms with Gasteiger partial charge in [0, 0.05) is 6.42 Å². The highest BCUT2D eigenvalue weighted by molar-refractivity contribution is 5.66. The Bertz CT molecular complexity index is 372. The summed E-state index contributed by atoms with van der Waals surface area (Å²) in [4.78, 5) is 14.8. The smallest absolute Gasteiger partial charge is 0.303 e. The van der Waals surface area contributed by atoms with Crippen LogP contribution in [0.25, 0.3) is 0 Å². The third kappa shape index (κ3) is 17.0. The molecule has 0 aromatic carbocycles. The van der Waals surface area contributed by atoms with Crippen LogP contribution in [-0.4, -0.2) is 22.4 Å². The molecular weight excluding hydrogens is 304 g/mol. The van der Waals surface area contributed by atoms with Crippen molar-refractivity contribution in [2.24, 2.45) is 0 Å². The number of carbonyl (C=O) groups is 1. The zero-order valence-electron chi connectivity index (χ0n) is 15.0. The van der Waals surface area contributed by atoms with Crippen LogP contribution in [-0.2, 0) is 9.68 Å². The van der Waals surface area contributed by atoms with Crippen molar-refractivity contribution >= 4 is 5.97 Å². The Morgan fingerprint density at radius 1 is 0.917 bits per heavy atom. The number of carboxylic acids is 1. The quantitative estimate of drug-likeness (QED) is 0.159. The van der Waals surface area contributed by atoms with Gasteiger partial charge in [-0.3, -0.25) is 10.1 Å². The van der Waals surface area contributed by atoms with Crippen molar-refractivity contribution in [1.29, 1.82) is 0 Å². The summed E-state index contributed by atoms with van der Waals surface area (Å²) in [6, 6.07) is 0. The minimum atomic E-state index is -0.722. The van der Waals surface area contributed by atoms with Gasteiger partial charge in [-0.15, -0.1) is 0 Å². The van der Waals surface area contributed by atoms with Crippen molar-refractivity contribution in [3.05, 3.63) is 36.5 Å². The maximum absolute atomic E-state index is 10.4. The Hall–Kier alpha value is -1.39. The molecule has 0 bridgehead atoms. The van der Waals surface area contributed by atoms with Gasteiger partial charge in [-0.2, -0.15) is 0 Å². The highest BCUT2D eigenvalue weighted by atomic mass is 17.1. The molecule has 24 heavy (non-hydrogen) atoms. The number of unbranched alkanes of at least 4 members (excludes halogenated alkanes) is 7. The molecule has 4 heteroatoms. The van der Waals surface area contributed by atoms with Crippen molar-refractivity contribution in [2.75, 3.05) is 0 Å². The number of hydrogen-bond donors (Lipinski definition) is 2. The van der Waals surface area contributed by atoms with Gasteiger partial charge in [0.15, 0.2) is 0 Å². The fraction of sp³-hybridized carbons (Fsp3) is 0.650. The van der Waals surface area contributed by atoms with Gasteiger partial charge >= 0.3 is 5.97 Å². The first-order valence-electron chi connectivity index (χ1n) is 9.21. The number of carboxylic acid groups (broad SMARTS) is 1. The fourth-order valence-corrected chi connectivity index (χ4v) is 2.27. The molecular formula is C20H34O4. The molecule has 0 aliphatic heterocycles. The molecule has 0 spiro atoms. The predicted molar refractivity (Wildman–Crippen MR) is 99.0 cm³/mol. The standard InChI is InChI=1S/C20H34O4/c1-2-3-4-5-6-7-10-13-16-19(24-23)17-14-11-8-9-12-15-18-20(21)22/h6-7,13-14,16-17,19,23H,2-5,8-12,15,18H2,1H3,(H,21,22)/b7-6+,16-13+,17-14+. The van der Waals surface area contributed by atoms with E-state index >= 15 is 0 Å². The first-order chi connectivity index (χ1) is 11.7. The minimum Gasteiger partial charge on any atom is -0.481 e. The summed E-state index contributed by atoms with van der Waals surface area (Å²) in [5.74, 6) is -0.722. The molecule has 0 aliphatic rings. The summed E-state index contributed by atoms with van der Waals surface area (Å²) in [5, 5.41) is 17.4. The van der Waals surface area contributed by atoms with Gasteiger partial charge in [-0.05, 0) is 38.5 Å². The van der Waals surface area contributed by atoms with Crippen LogP contribution in [0.15, 0.2) is 36.5 Å². The van der Waals surface area contributed by atoms with Gasteiger partial charge in [0.05, 0.1) is 0 Å². The van der Waals surface area contributed by atoms with Gasteiger partial charge in [0.2, 0.25) is 0 Å². The topological polar surface area (TPSA) is 66.8 Å². The van der Waals surface area contributed by atoms with Gasteiger partial charge in [0.1, 0.15) is 6.10 Å². The first-order valence-corrected chi connectivity index (χ1v) is 9.21. The average molecular weight is 338 g/mol. The summed E-state index contributed by atoms with van der Waals surface area (Å²) in [6.45, 7) is 2.20. The maximum atomic E-state index is 10.4. The molecule has 0 aromatic rings. The number of rotatable bonds is 16. The molecule has 0 amide bonds.